The first-order valence-corrected chi connectivity index (χ1v) is 7.23. The normalized spacial score (nSPS) is 10.9. The van der Waals surface area contributed by atoms with Gasteiger partial charge in [0.2, 0.25) is 0 Å². The largest absolute Gasteiger partial charge is 0.573 e. The summed E-state index contributed by atoms with van der Waals surface area (Å²) in [4.78, 5) is 47.5. The predicted molar refractivity (Wildman–Crippen MR) is 84.0 cm³/mol. The van der Waals surface area contributed by atoms with E-state index in [9.17, 15) is 32.3 Å². The number of ether oxygens (including phenoxy) is 2. The van der Waals surface area contributed by atoms with E-state index in [1.165, 1.54) is 12.1 Å². The smallest absolute Gasteiger partial charge is 0.454 e. The highest BCUT2D eigenvalue weighted by atomic mass is 19.4. The Bertz CT molecular complexity index is 933. The molecule has 0 atom stereocenters. The molecular formula is C15H12F3N3O6. The van der Waals surface area contributed by atoms with E-state index in [1.807, 2.05) is 4.98 Å². The van der Waals surface area contributed by atoms with Crippen LogP contribution in [0.2, 0.25) is 0 Å². The molecule has 0 spiro atoms. The lowest BCUT2D eigenvalue weighted by atomic mass is 10.3. The summed E-state index contributed by atoms with van der Waals surface area (Å²) in [6.45, 7) is -1.20. The quantitative estimate of drug-likeness (QED) is 0.702. The van der Waals surface area contributed by atoms with E-state index in [2.05, 4.69) is 14.8 Å². The van der Waals surface area contributed by atoms with Gasteiger partial charge in [-0.05, 0) is 24.3 Å². The van der Waals surface area contributed by atoms with Crippen molar-refractivity contribution in [1.29, 1.82) is 0 Å². The van der Waals surface area contributed by atoms with Crippen LogP contribution < -0.4 is 21.3 Å². The average molecular weight is 387 g/mol. The second-order valence-corrected chi connectivity index (χ2v) is 5.02. The molecule has 1 aromatic heterocycles. The number of carbonyl (C=O) groups is 2. The monoisotopic (exact) mass is 387 g/mol. The summed E-state index contributed by atoms with van der Waals surface area (Å²) >= 11 is 0. The number of aromatic amines is 1. The van der Waals surface area contributed by atoms with E-state index in [0.717, 1.165) is 29.0 Å². The number of anilines is 1. The molecule has 0 saturated carbocycles. The third kappa shape index (κ3) is 6.68. The topological polar surface area (TPSA) is 119 Å². The van der Waals surface area contributed by atoms with E-state index < -0.39 is 48.4 Å². The van der Waals surface area contributed by atoms with Crippen LogP contribution in [0, 0.1) is 0 Å². The third-order valence-electron chi connectivity index (χ3n) is 2.93. The van der Waals surface area contributed by atoms with Gasteiger partial charge >= 0.3 is 18.0 Å². The molecule has 0 unspecified atom stereocenters. The van der Waals surface area contributed by atoms with Crippen molar-refractivity contribution in [3.63, 3.8) is 0 Å². The van der Waals surface area contributed by atoms with Gasteiger partial charge in [-0.15, -0.1) is 13.2 Å². The molecule has 0 radical (unpaired) electrons. The molecular weight excluding hydrogens is 375 g/mol. The summed E-state index contributed by atoms with van der Waals surface area (Å²) in [6.07, 6.45) is -3.74. The Balaban J connectivity index is 1.82. The van der Waals surface area contributed by atoms with Crippen LogP contribution in [0.1, 0.15) is 0 Å². The van der Waals surface area contributed by atoms with Gasteiger partial charge in [-0.1, -0.05) is 0 Å². The van der Waals surface area contributed by atoms with Crippen molar-refractivity contribution in [3.8, 4) is 5.75 Å². The number of aromatic nitrogens is 2. The maximum atomic E-state index is 12.0. The van der Waals surface area contributed by atoms with E-state index in [-0.39, 0.29) is 5.69 Å². The Morgan fingerprint density at radius 2 is 1.78 bits per heavy atom. The van der Waals surface area contributed by atoms with Gasteiger partial charge in [-0.3, -0.25) is 23.9 Å². The maximum absolute atomic E-state index is 12.0. The Labute approximate surface area is 148 Å². The summed E-state index contributed by atoms with van der Waals surface area (Å²) in [5.74, 6) is -2.12. The van der Waals surface area contributed by atoms with Crippen LogP contribution in [0.5, 0.6) is 5.75 Å². The van der Waals surface area contributed by atoms with E-state index in [0.29, 0.717) is 0 Å². The molecule has 0 aliphatic heterocycles. The van der Waals surface area contributed by atoms with Crippen LogP contribution in [0.4, 0.5) is 18.9 Å². The highest BCUT2D eigenvalue weighted by molar-refractivity contribution is 5.92. The third-order valence-corrected chi connectivity index (χ3v) is 2.93. The van der Waals surface area contributed by atoms with Gasteiger partial charge in [0.15, 0.2) is 6.61 Å². The second-order valence-electron chi connectivity index (χ2n) is 5.02. The first-order chi connectivity index (χ1) is 12.6. The van der Waals surface area contributed by atoms with Crippen molar-refractivity contribution < 1.29 is 32.2 Å². The Morgan fingerprint density at radius 1 is 1.11 bits per heavy atom. The Kier molecular flexibility index (Phi) is 6.00. The number of carbonyl (C=O) groups excluding carboxylic acids is 2. The first kappa shape index (κ1) is 19.8. The summed E-state index contributed by atoms with van der Waals surface area (Å²) in [5, 5.41) is 2.30. The number of halogens is 3. The molecule has 0 aliphatic rings. The molecule has 2 aromatic rings. The SMILES string of the molecule is O=C(COC(=O)Cn1ccc(=O)[nH]c1=O)Nc1ccc(OC(F)(F)F)cc1. The van der Waals surface area contributed by atoms with Crippen LogP contribution >= 0.6 is 0 Å². The number of nitrogens with one attached hydrogen (secondary N) is 2. The zero-order valence-electron chi connectivity index (χ0n) is 13.4. The van der Waals surface area contributed by atoms with Gasteiger partial charge < -0.3 is 14.8 Å². The summed E-state index contributed by atoms with van der Waals surface area (Å²) in [5.41, 5.74) is -1.29. The Hall–Kier alpha value is -3.57. The fraction of sp³-hybridized carbons (Fsp3) is 0.200. The average Bonchev–Trinajstić information content (AvgIpc) is 2.56. The number of rotatable bonds is 6. The molecule has 27 heavy (non-hydrogen) atoms. The van der Waals surface area contributed by atoms with Crippen molar-refractivity contribution in [2.75, 3.05) is 11.9 Å². The molecule has 0 bridgehead atoms. The molecule has 9 nitrogen and oxygen atoms in total. The number of alkyl halides is 3. The molecule has 144 valence electrons. The summed E-state index contributed by atoms with van der Waals surface area (Å²) < 4.78 is 45.4. The summed E-state index contributed by atoms with van der Waals surface area (Å²) in [6, 6.07) is 5.37. The van der Waals surface area contributed by atoms with Crippen LogP contribution in [-0.2, 0) is 20.9 Å². The van der Waals surface area contributed by atoms with E-state index in [4.69, 9.17) is 0 Å². The highest BCUT2D eigenvalue weighted by Crippen LogP contribution is 2.23. The molecule has 0 saturated heterocycles. The molecule has 1 aromatic carbocycles. The minimum absolute atomic E-state index is 0.155. The number of benzene rings is 1. The predicted octanol–water partition coefficient (Wildman–Crippen LogP) is 0.617. The van der Waals surface area contributed by atoms with Crippen LogP contribution in [-0.4, -0.2) is 34.4 Å². The van der Waals surface area contributed by atoms with Crippen molar-refractivity contribution in [1.82, 2.24) is 9.55 Å². The number of nitrogens with zero attached hydrogens (tertiary/aromatic N) is 1. The van der Waals surface area contributed by atoms with Gasteiger partial charge in [0.05, 0.1) is 0 Å². The number of hydrogen-bond donors (Lipinski definition) is 2. The van der Waals surface area contributed by atoms with Gasteiger partial charge in [0, 0.05) is 18.0 Å². The Morgan fingerprint density at radius 3 is 2.37 bits per heavy atom. The number of H-pyrrole nitrogens is 1. The lowest BCUT2D eigenvalue weighted by Crippen LogP contribution is -2.32. The molecule has 1 heterocycles. The lowest BCUT2D eigenvalue weighted by molar-refractivity contribution is -0.274. The van der Waals surface area contributed by atoms with Crippen molar-refractivity contribution in [3.05, 3.63) is 57.4 Å². The number of amides is 1. The number of esters is 1. The molecule has 2 rings (SSSR count). The standard InChI is InChI=1S/C15H12F3N3O6/c16-15(17,18)27-10-3-1-9(2-4-10)19-12(23)8-26-13(24)7-21-6-5-11(22)20-14(21)25/h1-6H,7-8H2,(H,19,23)(H,20,22,25). The van der Waals surface area contributed by atoms with Crippen LogP contribution in [0.3, 0.4) is 0 Å². The summed E-state index contributed by atoms with van der Waals surface area (Å²) in [7, 11) is 0. The zero-order chi connectivity index (χ0) is 20.0. The van der Waals surface area contributed by atoms with Crippen molar-refractivity contribution >= 4 is 17.6 Å². The van der Waals surface area contributed by atoms with E-state index in [1.54, 1.807) is 0 Å². The minimum atomic E-state index is -4.83. The number of hydrogen-bond acceptors (Lipinski definition) is 6. The van der Waals surface area contributed by atoms with Gasteiger partial charge in [-0.2, -0.15) is 0 Å². The maximum Gasteiger partial charge on any atom is 0.573 e. The van der Waals surface area contributed by atoms with Crippen LogP contribution in [0.25, 0.3) is 0 Å². The first-order valence-electron chi connectivity index (χ1n) is 7.23. The van der Waals surface area contributed by atoms with Crippen molar-refractivity contribution in [2.45, 2.75) is 12.9 Å². The lowest BCUT2D eigenvalue weighted by Gasteiger charge is -2.10. The molecule has 12 heteroatoms. The van der Waals surface area contributed by atoms with Crippen molar-refractivity contribution in [2.24, 2.45) is 0 Å². The minimum Gasteiger partial charge on any atom is -0.454 e. The van der Waals surface area contributed by atoms with Gasteiger partial charge in [0.25, 0.3) is 11.5 Å². The van der Waals surface area contributed by atoms with E-state index >= 15 is 0 Å². The molecule has 1 amide bonds. The molecule has 2 N–H and O–H groups in total. The second kappa shape index (κ2) is 8.21. The van der Waals surface area contributed by atoms with Gasteiger partial charge in [-0.25, -0.2) is 4.79 Å². The molecule has 0 aliphatic carbocycles. The van der Waals surface area contributed by atoms with Crippen LogP contribution in [0.15, 0.2) is 46.1 Å². The molecule has 0 fully saturated rings. The fourth-order valence-corrected chi connectivity index (χ4v) is 1.84. The zero-order valence-corrected chi connectivity index (χ0v) is 13.4. The van der Waals surface area contributed by atoms with Gasteiger partial charge in [0.1, 0.15) is 12.3 Å². The fourth-order valence-electron chi connectivity index (χ4n) is 1.84. The highest BCUT2D eigenvalue weighted by Gasteiger charge is 2.30.